The Morgan fingerprint density at radius 2 is 2.22 bits per heavy atom. The Morgan fingerprint density at radius 3 is 2.89 bits per heavy atom. The SMILES string of the molecule is Cc1nn(C)c(OC2CCCCC2CN)c1C#N. The Bertz CT molecular complexity index is 460. The third kappa shape index (κ3) is 2.34. The molecule has 0 aromatic carbocycles. The lowest BCUT2D eigenvalue weighted by Crippen LogP contribution is -2.35. The molecule has 2 unspecified atom stereocenters. The molecule has 5 heteroatoms. The summed E-state index contributed by atoms with van der Waals surface area (Å²) in [6.45, 7) is 2.47. The quantitative estimate of drug-likeness (QED) is 0.879. The van der Waals surface area contributed by atoms with E-state index in [1.807, 2.05) is 14.0 Å². The maximum absolute atomic E-state index is 9.16. The lowest BCUT2D eigenvalue weighted by molar-refractivity contribution is 0.0875. The van der Waals surface area contributed by atoms with Crippen molar-refractivity contribution in [2.45, 2.75) is 38.7 Å². The molecule has 0 bridgehead atoms. The molecule has 0 saturated heterocycles. The average Bonchev–Trinajstić information content (AvgIpc) is 2.64. The highest BCUT2D eigenvalue weighted by molar-refractivity contribution is 5.42. The molecule has 0 aliphatic heterocycles. The van der Waals surface area contributed by atoms with Gasteiger partial charge in [-0.2, -0.15) is 10.4 Å². The summed E-state index contributed by atoms with van der Waals surface area (Å²) in [6, 6.07) is 2.17. The molecule has 18 heavy (non-hydrogen) atoms. The fourth-order valence-electron chi connectivity index (χ4n) is 2.64. The highest BCUT2D eigenvalue weighted by Gasteiger charge is 2.28. The summed E-state index contributed by atoms with van der Waals surface area (Å²) >= 11 is 0. The van der Waals surface area contributed by atoms with Crippen LogP contribution < -0.4 is 10.5 Å². The summed E-state index contributed by atoms with van der Waals surface area (Å²) < 4.78 is 7.68. The van der Waals surface area contributed by atoms with Crippen molar-refractivity contribution in [1.82, 2.24) is 9.78 Å². The minimum absolute atomic E-state index is 0.116. The first-order valence-corrected chi connectivity index (χ1v) is 6.47. The molecule has 5 nitrogen and oxygen atoms in total. The number of aromatic nitrogens is 2. The van der Waals surface area contributed by atoms with E-state index in [1.165, 1.54) is 12.8 Å². The highest BCUT2D eigenvalue weighted by Crippen LogP contribution is 2.30. The van der Waals surface area contributed by atoms with Gasteiger partial charge in [0, 0.05) is 13.0 Å². The van der Waals surface area contributed by atoms with Gasteiger partial charge in [0.2, 0.25) is 5.88 Å². The van der Waals surface area contributed by atoms with Crippen LogP contribution in [0, 0.1) is 24.2 Å². The summed E-state index contributed by atoms with van der Waals surface area (Å²) in [5.41, 5.74) is 7.05. The van der Waals surface area contributed by atoms with Gasteiger partial charge in [0.05, 0.1) is 5.69 Å². The topological polar surface area (TPSA) is 76.9 Å². The second kappa shape index (κ2) is 5.40. The van der Waals surface area contributed by atoms with Crippen LogP contribution >= 0.6 is 0 Å². The molecule has 1 aromatic heterocycles. The second-order valence-electron chi connectivity index (χ2n) is 4.94. The molecule has 1 aromatic rings. The van der Waals surface area contributed by atoms with Crippen molar-refractivity contribution >= 4 is 0 Å². The summed E-state index contributed by atoms with van der Waals surface area (Å²) in [4.78, 5) is 0. The monoisotopic (exact) mass is 248 g/mol. The molecule has 2 rings (SSSR count). The summed E-state index contributed by atoms with van der Waals surface area (Å²) in [6.07, 6.45) is 4.62. The van der Waals surface area contributed by atoms with Gasteiger partial charge in [0.15, 0.2) is 0 Å². The van der Waals surface area contributed by atoms with Gasteiger partial charge in [0.1, 0.15) is 17.7 Å². The first kappa shape index (κ1) is 12.9. The number of nitrogens with two attached hydrogens (primary N) is 1. The molecule has 98 valence electrons. The Balaban J connectivity index is 2.20. The molecular weight excluding hydrogens is 228 g/mol. The lowest BCUT2D eigenvalue weighted by Gasteiger charge is -2.30. The number of nitrogens with zero attached hydrogens (tertiary/aromatic N) is 3. The zero-order chi connectivity index (χ0) is 13.1. The van der Waals surface area contributed by atoms with Crippen LogP contribution in [-0.2, 0) is 7.05 Å². The fourth-order valence-corrected chi connectivity index (χ4v) is 2.64. The van der Waals surface area contributed by atoms with E-state index in [1.54, 1.807) is 4.68 Å². The molecule has 1 heterocycles. The number of rotatable bonds is 3. The van der Waals surface area contributed by atoms with Crippen molar-refractivity contribution in [3.05, 3.63) is 11.3 Å². The van der Waals surface area contributed by atoms with Crippen LogP contribution in [0.4, 0.5) is 0 Å². The molecule has 1 fully saturated rings. The van der Waals surface area contributed by atoms with Crippen LogP contribution in [-0.4, -0.2) is 22.4 Å². The smallest absolute Gasteiger partial charge is 0.230 e. The van der Waals surface area contributed by atoms with Gasteiger partial charge in [0.25, 0.3) is 0 Å². The Labute approximate surface area is 108 Å². The van der Waals surface area contributed by atoms with Crippen molar-refractivity contribution in [1.29, 1.82) is 5.26 Å². The minimum Gasteiger partial charge on any atom is -0.473 e. The van der Waals surface area contributed by atoms with E-state index >= 15 is 0 Å². The van der Waals surface area contributed by atoms with Crippen LogP contribution in [0.1, 0.15) is 36.9 Å². The van der Waals surface area contributed by atoms with Crippen LogP contribution in [0.3, 0.4) is 0 Å². The van der Waals surface area contributed by atoms with Crippen LogP contribution in [0.2, 0.25) is 0 Å². The molecule has 2 atom stereocenters. The van der Waals surface area contributed by atoms with Crippen LogP contribution in [0.25, 0.3) is 0 Å². The van der Waals surface area contributed by atoms with Gasteiger partial charge < -0.3 is 10.5 Å². The molecule has 2 N–H and O–H groups in total. The largest absolute Gasteiger partial charge is 0.473 e. The molecule has 1 aliphatic rings. The van der Waals surface area contributed by atoms with Crippen LogP contribution in [0.15, 0.2) is 0 Å². The maximum atomic E-state index is 9.16. The van der Waals surface area contributed by atoms with E-state index in [4.69, 9.17) is 15.7 Å². The standard InChI is InChI=1S/C13H20N4O/c1-9-11(8-15)13(17(2)16-9)18-12-6-4-3-5-10(12)7-14/h10,12H,3-7,14H2,1-2H3. The van der Waals surface area contributed by atoms with Crippen molar-refractivity contribution in [2.75, 3.05) is 6.54 Å². The van der Waals surface area contributed by atoms with E-state index in [2.05, 4.69) is 11.2 Å². The fraction of sp³-hybridized carbons (Fsp3) is 0.692. The van der Waals surface area contributed by atoms with Gasteiger partial charge in [-0.1, -0.05) is 6.42 Å². The van der Waals surface area contributed by atoms with Crippen molar-refractivity contribution in [3.8, 4) is 11.9 Å². The van der Waals surface area contributed by atoms with E-state index in [9.17, 15) is 0 Å². The van der Waals surface area contributed by atoms with Gasteiger partial charge in [-0.25, -0.2) is 4.68 Å². The molecule has 1 saturated carbocycles. The van der Waals surface area contributed by atoms with Crippen molar-refractivity contribution < 1.29 is 4.74 Å². The summed E-state index contributed by atoms with van der Waals surface area (Å²) in [5.74, 6) is 0.973. The highest BCUT2D eigenvalue weighted by atomic mass is 16.5. The first-order valence-electron chi connectivity index (χ1n) is 6.47. The van der Waals surface area contributed by atoms with E-state index in [0.717, 1.165) is 18.5 Å². The Hall–Kier alpha value is -1.54. The Kier molecular flexibility index (Phi) is 3.87. The zero-order valence-electron chi connectivity index (χ0n) is 11.0. The predicted molar refractivity (Wildman–Crippen MR) is 68.1 cm³/mol. The van der Waals surface area contributed by atoms with Crippen LogP contribution in [0.5, 0.6) is 5.88 Å². The van der Waals surface area contributed by atoms with Crippen molar-refractivity contribution in [2.24, 2.45) is 18.7 Å². The van der Waals surface area contributed by atoms with Gasteiger partial charge >= 0.3 is 0 Å². The van der Waals surface area contributed by atoms with E-state index < -0.39 is 0 Å². The van der Waals surface area contributed by atoms with Gasteiger partial charge in [-0.05, 0) is 32.7 Å². The van der Waals surface area contributed by atoms with E-state index in [-0.39, 0.29) is 6.10 Å². The predicted octanol–water partition coefficient (Wildman–Crippen LogP) is 1.50. The third-order valence-electron chi connectivity index (χ3n) is 3.69. The Morgan fingerprint density at radius 1 is 1.50 bits per heavy atom. The average molecular weight is 248 g/mol. The molecule has 1 aliphatic carbocycles. The first-order chi connectivity index (χ1) is 8.67. The number of hydrogen-bond donors (Lipinski definition) is 1. The normalized spacial score (nSPS) is 23.7. The zero-order valence-corrected chi connectivity index (χ0v) is 11.0. The number of ether oxygens (including phenoxy) is 1. The van der Waals surface area contributed by atoms with Gasteiger partial charge in [-0.15, -0.1) is 0 Å². The van der Waals surface area contributed by atoms with Crippen molar-refractivity contribution in [3.63, 3.8) is 0 Å². The lowest BCUT2D eigenvalue weighted by atomic mass is 9.86. The second-order valence-corrected chi connectivity index (χ2v) is 4.94. The maximum Gasteiger partial charge on any atom is 0.230 e. The van der Waals surface area contributed by atoms with Gasteiger partial charge in [-0.3, -0.25) is 0 Å². The third-order valence-corrected chi connectivity index (χ3v) is 3.69. The number of nitriles is 1. The molecule has 0 radical (unpaired) electrons. The van der Waals surface area contributed by atoms with E-state index in [0.29, 0.717) is 23.9 Å². The minimum atomic E-state index is 0.116. The molecule has 0 spiro atoms. The molecular formula is C13H20N4O. The summed E-state index contributed by atoms with van der Waals surface area (Å²) in [7, 11) is 1.81. The summed E-state index contributed by atoms with van der Waals surface area (Å²) in [5, 5.41) is 13.4. The number of aryl methyl sites for hydroxylation is 2. The number of hydrogen-bond acceptors (Lipinski definition) is 4. The molecule has 0 amide bonds.